The Hall–Kier alpha value is -1.84. The molecule has 1 aromatic carbocycles. The smallest absolute Gasteiger partial charge is 0.253 e. The fourth-order valence-electron chi connectivity index (χ4n) is 4.30. The summed E-state index contributed by atoms with van der Waals surface area (Å²) in [5.41, 5.74) is -0.551. The van der Waals surface area contributed by atoms with Gasteiger partial charge in [0, 0.05) is 6.54 Å². The van der Waals surface area contributed by atoms with Crippen LogP contribution in [-0.4, -0.2) is 28.8 Å². The van der Waals surface area contributed by atoms with Gasteiger partial charge in [-0.25, -0.2) is 0 Å². The highest BCUT2D eigenvalue weighted by molar-refractivity contribution is 6.04. The van der Waals surface area contributed by atoms with Crippen molar-refractivity contribution in [3.05, 3.63) is 35.9 Å². The molecule has 1 N–H and O–H groups in total. The summed E-state index contributed by atoms with van der Waals surface area (Å²) in [4.78, 5) is 27.4. The molecule has 0 spiro atoms. The quantitative estimate of drug-likeness (QED) is 0.839. The van der Waals surface area contributed by atoms with Gasteiger partial charge in [0.1, 0.15) is 11.1 Å². The van der Waals surface area contributed by atoms with E-state index in [2.05, 4.69) is 5.32 Å². The minimum atomic E-state index is -0.832. The van der Waals surface area contributed by atoms with Crippen LogP contribution in [0.5, 0.6) is 0 Å². The molecule has 4 saturated heterocycles. The van der Waals surface area contributed by atoms with Crippen LogP contribution < -0.4 is 5.32 Å². The van der Waals surface area contributed by atoms with E-state index in [1.165, 1.54) is 0 Å². The lowest BCUT2D eigenvalue weighted by Crippen LogP contribution is -2.81. The molecule has 4 aliphatic rings. The first-order chi connectivity index (χ1) is 9.59. The third kappa shape index (κ3) is 1.18. The lowest BCUT2D eigenvalue weighted by atomic mass is 9.60. The van der Waals surface area contributed by atoms with E-state index in [0.29, 0.717) is 6.54 Å². The second-order valence-electron chi connectivity index (χ2n) is 6.37. The highest BCUT2D eigenvalue weighted by Crippen LogP contribution is 2.51. The predicted octanol–water partition coefficient (Wildman–Crippen LogP) is 1.41. The van der Waals surface area contributed by atoms with Gasteiger partial charge in [-0.3, -0.25) is 9.59 Å². The molecule has 2 amide bonds. The van der Waals surface area contributed by atoms with E-state index in [4.69, 9.17) is 0 Å². The molecule has 3 atom stereocenters. The van der Waals surface area contributed by atoms with Gasteiger partial charge in [0.15, 0.2) is 0 Å². The number of fused-ring (bicyclic) bond motifs is 1. The van der Waals surface area contributed by atoms with Crippen LogP contribution in [0, 0.1) is 5.92 Å². The number of amides is 2. The Bertz CT molecular complexity index is 600. The Morgan fingerprint density at radius 3 is 2.75 bits per heavy atom. The minimum Gasteiger partial charge on any atom is -0.336 e. The number of piperidine rings is 3. The Balaban J connectivity index is 1.90. The molecule has 4 heterocycles. The van der Waals surface area contributed by atoms with Gasteiger partial charge in [0.05, 0.1) is 0 Å². The minimum absolute atomic E-state index is 0.0110. The number of piperazine rings is 1. The van der Waals surface area contributed by atoms with Crippen LogP contribution in [-0.2, 0) is 15.1 Å². The average molecular weight is 270 g/mol. The maximum absolute atomic E-state index is 13.0. The summed E-state index contributed by atoms with van der Waals surface area (Å²) in [6.07, 6.45) is 2.76. The summed E-state index contributed by atoms with van der Waals surface area (Å²) < 4.78 is 0. The van der Waals surface area contributed by atoms with Crippen molar-refractivity contribution in [1.29, 1.82) is 0 Å². The SMILES string of the molecule is C[C@]12C(=O)N[C@]3(c4ccccc4)C[C@H]1CCCN2C3=O. The number of carbonyl (C=O) groups is 2. The van der Waals surface area contributed by atoms with Crippen molar-refractivity contribution in [2.75, 3.05) is 6.54 Å². The standard InChI is InChI=1S/C16H18N2O2/c1-15-12-8-5-9-18(15)14(20)16(10-12,17-13(15)19)11-6-3-2-4-7-11/h2-4,6-7,12H,5,8-10H2,1H3,(H,17,19)/t12-,15-,16+/m1/s1. The predicted molar refractivity (Wildman–Crippen MR) is 73.7 cm³/mol. The van der Waals surface area contributed by atoms with Gasteiger partial charge in [-0.1, -0.05) is 30.3 Å². The van der Waals surface area contributed by atoms with Crippen LogP contribution in [0.25, 0.3) is 0 Å². The van der Waals surface area contributed by atoms with Crippen molar-refractivity contribution in [1.82, 2.24) is 10.2 Å². The van der Waals surface area contributed by atoms with E-state index >= 15 is 0 Å². The van der Waals surface area contributed by atoms with Gasteiger partial charge in [0.25, 0.3) is 5.91 Å². The lowest BCUT2D eigenvalue weighted by molar-refractivity contribution is -0.184. The molecule has 4 aliphatic heterocycles. The van der Waals surface area contributed by atoms with Gasteiger partial charge < -0.3 is 10.2 Å². The van der Waals surface area contributed by atoms with E-state index in [1.807, 2.05) is 42.2 Å². The molecule has 4 heteroatoms. The fourth-order valence-corrected chi connectivity index (χ4v) is 4.30. The summed E-state index contributed by atoms with van der Waals surface area (Å²) >= 11 is 0. The molecule has 1 aromatic rings. The van der Waals surface area contributed by atoms with E-state index in [9.17, 15) is 9.59 Å². The zero-order valence-electron chi connectivity index (χ0n) is 11.6. The Morgan fingerprint density at radius 1 is 1.25 bits per heavy atom. The zero-order valence-corrected chi connectivity index (χ0v) is 11.6. The van der Waals surface area contributed by atoms with E-state index < -0.39 is 11.1 Å². The maximum atomic E-state index is 13.0. The molecule has 0 aromatic heterocycles. The third-order valence-electron chi connectivity index (χ3n) is 5.51. The molecule has 0 unspecified atom stereocenters. The molecule has 5 rings (SSSR count). The number of benzene rings is 1. The van der Waals surface area contributed by atoms with Crippen molar-refractivity contribution < 1.29 is 9.59 Å². The molecule has 4 bridgehead atoms. The highest BCUT2D eigenvalue weighted by atomic mass is 16.2. The Labute approximate surface area is 118 Å². The average Bonchev–Trinajstić information content (AvgIpc) is 2.46. The summed E-state index contributed by atoms with van der Waals surface area (Å²) in [6, 6.07) is 9.68. The number of hydrogen-bond donors (Lipinski definition) is 1. The van der Waals surface area contributed by atoms with Crippen LogP contribution in [0.2, 0.25) is 0 Å². The summed E-state index contributed by atoms with van der Waals surface area (Å²) in [5.74, 6) is 0.349. The first kappa shape index (κ1) is 11.9. The molecule has 4 fully saturated rings. The number of rotatable bonds is 1. The Morgan fingerprint density at radius 2 is 2.00 bits per heavy atom. The topological polar surface area (TPSA) is 49.4 Å². The van der Waals surface area contributed by atoms with Gasteiger partial charge in [-0.2, -0.15) is 0 Å². The van der Waals surface area contributed by atoms with E-state index in [-0.39, 0.29) is 17.7 Å². The molecule has 104 valence electrons. The van der Waals surface area contributed by atoms with Crippen LogP contribution in [0.3, 0.4) is 0 Å². The van der Waals surface area contributed by atoms with Crippen LogP contribution in [0.15, 0.2) is 30.3 Å². The highest BCUT2D eigenvalue weighted by Gasteiger charge is 2.67. The molecule has 0 radical (unpaired) electrons. The van der Waals surface area contributed by atoms with Crippen molar-refractivity contribution in [2.24, 2.45) is 5.92 Å². The van der Waals surface area contributed by atoms with Crippen molar-refractivity contribution in [3.8, 4) is 0 Å². The number of nitrogens with zero attached hydrogens (tertiary/aromatic N) is 1. The fraction of sp³-hybridized carbons (Fsp3) is 0.500. The van der Waals surface area contributed by atoms with Gasteiger partial charge in [0.2, 0.25) is 5.91 Å². The summed E-state index contributed by atoms with van der Waals surface area (Å²) in [6.45, 7) is 2.63. The third-order valence-corrected chi connectivity index (χ3v) is 5.51. The lowest BCUT2D eigenvalue weighted by Gasteiger charge is -2.62. The second kappa shape index (κ2) is 3.62. The molecule has 0 saturated carbocycles. The number of nitrogens with one attached hydrogen (secondary N) is 1. The van der Waals surface area contributed by atoms with Crippen molar-refractivity contribution >= 4 is 11.8 Å². The normalized spacial score (nSPS) is 38.9. The zero-order chi connectivity index (χ0) is 14.0. The summed E-state index contributed by atoms with van der Waals surface area (Å²) in [5, 5.41) is 3.03. The Kier molecular flexibility index (Phi) is 2.16. The number of hydrogen-bond acceptors (Lipinski definition) is 2. The monoisotopic (exact) mass is 270 g/mol. The first-order valence-electron chi connectivity index (χ1n) is 7.29. The molecule has 4 nitrogen and oxygen atoms in total. The molecule has 0 aliphatic carbocycles. The van der Waals surface area contributed by atoms with Gasteiger partial charge in [-0.05, 0) is 37.7 Å². The van der Waals surface area contributed by atoms with Crippen LogP contribution in [0.1, 0.15) is 31.7 Å². The van der Waals surface area contributed by atoms with Gasteiger partial charge >= 0.3 is 0 Å². The molecular weight excluding hydrogens is 252 g/mol. The largest absolute Gasteiger partial charge is 0.336 e. The maximum Gasteiger partial charge on any atom is 0.253 e. The first-order valence-corrected chi connectivity index (χ1v) is 7.29. The molecule has 20 heavy (non-hydrogen) atoms. The summed E-state index contributed by atoms with van der Waals surface area (Å²) in [7, 11) is 0. The van der Waals surface area contributed by atoms with E-state index in [0.717, 1.165) is 24.8 Å². The number of carbonyl (C=O) groups excluding carboxylic acids is 2. The van der Waals surface area contributed by atoms with E-state index in [1.54, 1.807) is 0 Å². The van der Waals surface area contributed by atoms with Crippen molar-refractivity contribution in [3.63, 3.8) is 0 Å². The molecular formula is C16H18N2O2. The second-order valence-corrected chi connectivity index (χ2v) is 6.37. The van der Waals surface area contributed by atoms with Crippen LogP contribution in [0.4, 0.5) is 0 Å². The van der Waals surface area contributed by atoms with Crippen molar-refractivity contribution in [2.45, 2.75) is 37.3 Å². The van der Waals surface area contributed by atoms with Gasteiger partial charge in [-0.15, -0.1) is 0 Å². The van der Waals surface area contributed by atoms with Crippen LogP contribution >= 0.6 is 0 Å².